The highest BCUT2D eigenvalue weighted by Crippen LogP contribution is 2.14. The summed E-state index contributed by atoms with van der Waals surface area (Å²) in [5, 5.41) is 23.2. The maximum Gasteiger partial charge on any atom is 0.326 e. The van der Waals surface area contributed by atoms with Crippen molar-refractivity contribution in [1.29, 1.82) is 0 Å². The minimum Gasteiger partial charge on any atom is -0.480 e. The minimum atomic E-state index is -1.20. The Bertz CT molecular complexity index is 1260. The number of rotatable bonds is 20. The van der Waals surface area contributed by atoms with E-state index in [9.17, 15) is 33.9 Å². The maximum absolute atomic E-state index is 13.7. The van der Waals surface area contributed by atoms with Crippen LogP contribution in [0.1, 0.15) is 87.6 Å². The van der Waals surface area contributed by atoms with Crippen molar-refractivity contribution >= 4 is 35.5 Å². The molecule has 49 heavy (non-hydrogen) atoms. The molecular formula is C36H60N6O7. The smallest absolute Gasteiger partial charge is 0.326 e. The summed E-state index contributed by atoms with van der Waals surface area (Å²) < 4.78 is 0. The fraction of sp³-hybridized carbons (Fsp3) is 0.667. The molecule has 0 radical (unpaired) electrons. The van der Waals surface area contributed by atoms with Crippen molar-refractivity contribution in [2.45, 2.75) is 125 Å². The van der Waals surface area contributed by atoms with Gasteiger partial charge in [0, 0.05) is 6.42 Å². The quantitative estimate of drug-likeness (QED) is 0.108. The Morgan fingerprint density at radius 2 is 0.980 bits per heavy atom. The van der Waals surface area contributed by atoms with Gasteiger partial charge in [-0.05, 0) is 35.2 Å². The van der Waals surface area contributed by atoms with E-state index in [1.54, 1.807) is 65.8 Å². The lowest BCUT2D eigenvalue weighted by molar-refractivity contribution is -0.143. The van der Waals surface area contributed by atoms with Crippen LogP contribution in [-0.2, 0) is 35.2 Å². The summed E-state index contributed by atoms with van der Waals surface area (Å²) in [6.45, 7) is 17.8. The first-order chi connectivity index (χ1) is 22.9. The number of nitrogens with one attached hydrogen (secondary N) is 5. The van der Waals surface area contributed by atoms with Gasteiger partial charge in [0.25, 0.3) is 0 Å². The van der Waals surface area contributed by atoms with Crippen molar-refractivity contribution in [2.75, 3.05) is 0 Å². The molecule has 8 atom stereocenters. The highest BCUT2D eigenvalue weighted by molar-refractivity contribution is 5.96. The highest BCUT2D eigenvalue weighted by atomic mass is 16.4. The van der Waals surface area contributed by atoms with Gasteiger partial charge in [-0.3, -0.25) is 24.0 Å². The number of nitrogens with two attached hydrogens (primary N) is 1. The zero-order valence-electron chi connectivity index (χ0n) is 30.8. The number of carboxylic acid groups (broad SMARTS) is 1. The van der Waals surface area contributed by atoms with Crippen LogP contribution in [0.3, 0.4) is 0 Å². The van der Waals surface area contributed by atoms with Gasteiger partial charge in [-0.15, -0.1) is 0 Å². The van der Waals surface area contributed by atoms with Gasteiger partial charge in [0.05, 0.1) is 6.04 Å². The lowest BCUT2D eigenvalue weighted by Gasteiger charge is -2.31. The van der Waals surface area contributed by atoms with Gasteiger partial charge in [-0.2, -0.15) is 0 Å². The van der Waals surface area contributed by atoms with Crippen LogP contribution < -0.4 is 32.3 Å². The lowest BCUT2D eigenvalue weighted by atomic mass is 9.94. The summed E-state index contributed by atoms with van der Waals surface area (Å²) in [5.41, 5.74) is 6.86. The van der Waals surface area contributed by atoms with Gasteiger partial charge in [0.1, 0.15) is 30.2 Å². The Morgan fingerprint density at radius 3 is 1.41 bits per heavy atom. The molecule has 0 fully saturated rings. The number of hydrogen-bond donors (Lipinski definition) is 7. The van der Waals surface area contributed by atoms with Gasteiger partial charge in [0.15, 0.2) is 0 Å². The van der Waals surface area contributed by atoms with Crippen LogP contribution in [0, 0.1) is 29.6 Å². The van der Waals surface area contributed by atoms with Crippen LogP contribution in [-0.4, -0.2) is 76.9 Å². The molecule has 0 saturated heterocycles. The Kier molecular flexibility index (Phi) is 18.0. The zero-order chi connectivity index (χ0) is 37.6. The first-order valence-electron chi connectivity index (χ1n) is 17.4. The van der Waals surface area contributed by atoms with Crippen LogP contribution in [0.25, 0.3) is 0 Å². The average Bonchev–Trinajstić information content (AvgIpc) is 3.05. The molecule has 1 rings (SSSR count). The molecule has 276 valence electrons. The SMILES string of the molecule is CC[C@H](C)[C@H](N)C(=O)N[C@H](C(=O)N[C@H](C(=O)N[C@H](C(=O)N[C@@H](Cc1ccccc1)C(=O)N[C@H](C(=O)O)C(C)C)C(C)C)C(C)C)[C@@H](C)CC. The summed E-state index contributed by atoms with van der Waals surface area (Å²) in [6, 6.07) is 2.74. The highest BCUT2D eigenvalue weighted by Gasteiger charge is 2.36. The average molecular weight is 689 g/mol. The number of carbonyl (C=O) groups is 6. The van der Waals surface area contributed by atoms with Crippen LogP contribution in [0.15, 0.2) is 30.3 Å². The normalized spacial score (nSPS) is 16.4. The fourth-order valence-corrected chi connectivity index (χ4v) is 5.11. The Morgan fingerprint density at radius 1 is 0.571 bits per heavy atom. The van der Waals surface area contributed by atoms with E-state index in [0.29, 0.717) is 12.8 Å². The van der Waals surface area contributed by atoms with Crippen molar-refractivity contribution in [3.05, 3.63) is 35.9 Å². The molecule has 1 aromatic rings. The predicted molar refractivity (Wildman–Crippen MR) is 189 cm³/mol. The molecule has 0 aliphatic heterocycles. The third-order valence-corrected chi connectivity index (χ3v) is 8.99. The second-order valence-electron chi connectivity index (χ2n) is 14.1. The molecule has 0 aliphatic carbocycles. The van der Waals surface area contributed by atoms with E-state index in [-0.39, 0.29) is 18.3 Å². The van der Waals surface area contributed by atoms with E-state index < -0.39 is 89.5 Å². The summed E-state index contributed by atoms with van der Waals surface area (Å²) in [5.74, 6) is -5.72. The third-order valence-electron chi connectivity index (χ3n) is 8.99. The lowest BCUT2D eigenvalue weighted by Crippen LogP contribution is -2.62. The Balaban J connectivity index is 3.25. The van der Waals surface area contributed by atoms with E-state index >= 15 is 0 Å². The summed E-state index contributed by atoms with van der Waals surface area (Å²) >= 11 is 0. The van der Waals surface area contributed by atoms with Crippen molar-refractivity contribution in [1.82, 2.24) is 26.6 Å². The second-order valence-corrected chi connectivity index (χ2v) is 14.1. The molecule has 0 heterocycles. The van der Waals surface area contributed by atoms with Gasteiger partial charge in [-0.25, -0.2) is 4.79 Å². The summed E-state index contributed by atoms with van der Waals surface area (Å²) in [6.07, 6.45) is 1.34. The maximum atomic E-state index is 13.7. The fourth-order valence-electron chi connectivity index (χ4n) is 5.11. The Labute approximate surface area is 291 Å². The molecule has 0 aliphatic rings. The van der Waals surface area contributed by atoms with Gasteiger partial charge >= 0.3 is 5.97 Å². The number of hydrogen-bond acceptors (Lipinski definition) is 7. The van der Waals surface area contributed by atoms with Crippen LogP contribution >= 0.6 is 0 Å². The second kappa shape index (κ2) is 20.5. The molecular weight excluding hydrogens is 628 g/mol. The summed E-state index contributed by atoms with van der Waals surface area (Å²) in [4.78, 5) is 79.1. The summed E-state index contributed by atoms with van der Waals surface area (Å²) in [7, 11) is 0. The molecule has 1 aromatic carbocycles. The minimum absolute atomic E-state index is 0.0791. The standard InChI is InChI=1S/C36H60N6O7/c1-11-22(9)26(37)32(44)42-30(23(10)12-2)35(47)40-28(20(5)6)34(46)39-27(19(3)4)33(45)38-25(18-24-16-14-13-15-17-24)31(43)41-29(21(7)8)36(48)49/h13-17,19-23,25-30H,11-12,18,37H2,1-10H3,(H,38,45)(H,39,46)(H,40,47)(H,41,43)(H,42,44)(H,48,49)/t22-,23-,25-,26-,27-,28-,29-,30-/m0/s1. The first-order valence-corrected chi connectivity index (χ1v) is 17.4. The van der Waals surface area contributed by atoms with Crippen molar-refractivity contribution < 1.29 is 33.9 Å². The zero-order valence-corrected chi connectivity index (χ0v) is 30.8. The largest absolute Gasteiger partial charge is 0.480 e. The van der Waals surface area contributed by atoms with E-state index in [4.69, 9.17) is 5.73 Å². The number of carbonyl (C=O) groups excluding carboxylic acids is 5. The molecule has 0 saturated carbocycles. The molecule has 0 bridgehead atoms. The molecule has 8 N–H and O–H groups in total. The Hall–Kier alpha value is -4.00. The van der Waals surface area contributed by atoms with Crippen LogP contribution in [0.4, 0.5) is 0 Å². The molecule has 0 unspecified atom stereocenters. The van der Waals surface area contributed by atoms with E-state index in [1.165, 1.54) is 0 Å². The van der Waals surface area contributed by atoms with Crippen LogP contribution in [0.2, 0.25) is 0 Å². The van der Waals surface area contributed by atoms with Gasteiger partial charge < -0.3 is 37.4 Å². The van der Waals surface area contributed by atoms with Crippen molar-refractivity contribution in [2.24, 2.45) is 35.3 Å². The number of benzene rings is 1. The molecule has 0 spiro atoms. The first kappa shape index (κ1) is 43.0. The number of amides is 5. The topological polar surface area (TPSA) is 209 Å². The van der Waals surface area contributed by atoms with E-state index in [2.05, 4.69) is 26.6 Å². The van der Waals surface area contributed by atoms with Crippen molar-refractivity contribution in [3.8, 4) is 0 Å². The van der Waals surface area contributed by atoms with Crippen LogP contribution in [0.5, 0.6) is 0 Å². The predicted octanol–water partition coefficient (Wildman–Crippen LogP) is 2.13. The third kappa shape index (κ3) is 13.4. The number of aliphatic carboxylic acids is 1. The van der Waals surface area contributed by atoms with Gasteiger partial charge in [-0.1, -0.05) is 112 Å². The van der Waals surface area contributed by atoms with Gasteiger partial charge in [0.2, 0.25) is 29.5 Å². The number of carboxylic acids is 1. The monoisotopic (exact) mass is 688 g/mol. The molecule has 13 heteroatoms. The molecule has 5 amide bonds. The van der Waals surface area contributed by atoms with Crippen molar-refractivity contribution in [3.63, 3.8) is 0 Å². The molecule has 13 nitrogen and oxygen atoms in total. The molecule has 0 aromatic heterocycles. The van der Waals surface area contributed by atoms with E-state index in [0.717, 1.165) is 5.56 Å². The van der Waals surface area contributed by atoms with E-state index in [1.807, 2.05) is 33.8 Å².